The van der Waals surface area contributed by atoms with E-state index in [0.29, 0.717) is 16.9 Å². The Balaban J connectivity index is 1.49. The van der Waals surface area contributed by atoms with Gasteiger partial charge in [-0.3, -0.25) is 9.52 Å². The fourth-order valence-electron chi connectivity index (χ4n) is 3.10. The predicted octanol–water partition coefficient (Wildman–Crippen LogP) is 4.03. The van der Waals surface area contributed by atoms with Crippen molar-refractivity contribution < 1.29 is 13.2 Å². The van der Waals surface area contributed by atoms with Crippen molar-refractivity contribution in [2.24, 2.45) is 0 Å². The molecule has 0 fully saturated rings. The zero-order chi connectivity index (χ0) is 19.7. The lowest BCUT2D eigenvalue weighted by atomic mass is 10.2. The van der Waals surface area contributed by atoms with Crippen molar-refractivity contribution in [2.75, 3.05) is 15.4 Å². The van der Waals surface area contributed by atoms with Gasteiger partial charge in [-0.15, -0.1) is 0 Å². The van der Waals surface area contributed by atoms with Crippen LogP contribution in [-0.4, -0.2) is 14.3 Å². The third kappa shape index (κ3) is 3.84. The molecular formula is C21H19N3O3S. The number of carbonyl (C=O) groups is 1. The van der Waals surface area contributed by atoms with Crippen molar-refractivity contribution in [3.05, 3.63) is 77.9 Å². The molecule has 0 bridgehead atoms. The molecule has 4 rings (SSSR count). The molecule has 3 aromatic rings. The van der Waals surface area contributed by atoms with Crippen molar-refractivity contribution in [3.8, 4) is 0 Å². The zero-order valence-corrected chi connectivity index (χ0v) is 16.0. The summed E-state index contributed by atoms with van der Waals surface area (Å²) in [4.78, 5) is 11.6. The molecule has 1 heterocycles. The second kappa shape index (κ2) is 7.01. The first kappa shape index (κ1) is 18.1. The highest BCUT2D eigenvalue weighted by Gasteiger charge is 2.21. The Morgan fingerprint density at radius 3 is 2.39 bits per heavy atom. The molecule has 1 amide bonds. The van der Waals surface area contributed by atoms with Crippen LogP contribution in [0.3, 0.4) is 0 Å². The number of fused-ring (bicyclic) bond motifs is 1. The maximum Gasteiger partial charge on any atom is 0.261 e. The Bertz CT molecular complexity index is 1160. The highest BCUT2D eigenvalue weighted by molar-refractivity contribution is 7.92. The van der Waals surface area contributed by atoms with Gasteiger partial charge in [-0.25, -0.2) is 8.42 Å². The van der Waals surface area contributed by atoms with Gasteiger partial charge in [0, 0.05) is 22.7 Å². The standard InChI is InChI=1S/C21H19N3O3S/c1-14-3-2-4-18(11-14)22-16-5-7-17(8-6-16)24-28(26,27)19-9-10-20-15(12-19)13-21(25)23-20/h2-12,22,24H,13H2,1H3,(H,23,25). The molecule has 0 saturated heterocycles. The van der Waals surface area contributed by atoms with Crippen LogP contribution in [0.15, 0.2) is 71.6 Å². The number of carbonyl (C=O) groups excluding carboxylic acids is 1. The quantitative estimate of drug-likeness (QED) is 0.611. The number of aryl methyl sites for hydroxylation is 1. The first-order chi connectivity index (χ1) is 13.4. The van der Waals surface area contributed by atoms with Gasteiger partial charge < -0.3 is 10.6 Å². The minimum absolute atomic E-state index is 0.129. The average Bonchev–Trinajstić information content (AvgIpc) is 3.02. The minimum Gasteiger partial charge on any atom is -0.356 e. The predicted molar refractivity (Wildman–Crippen MR) is 110 cm³/mol. The number of nitrogens with one attached hydrogen (secondary N) is 3. The molecule has 0 saturated carbocycles. The highest BCUT2D eigenvalue weighted by Crippen LogP contribution is 2.27. The number of rotatable bonds is 5. The summed E-state index contributed by atoms with van der Waals surface area (Å²) in [5, 5.41) is 5.98. The summed E-state index contributed by atoms with van der Waals surface area (Å²) in [6.45, 7) is 2.02. The Kier molecular flexibility index (Phi) is 4.52. The number of hydrogen-bond acceptors (Lipinski definition) is 4. The fraction of sp³-hybridized carbons (Fsp3) is 0.0952. The molecule has 1 aliphatic rings. The molecule has 28 heavy (non-hydrogen) atoms. The van der Waals surface area contributed by atoms with Crippen LogP contribution in [0.25, 0.3) is 0 Å². The van der Waals surface area contributed by atoms with E-state index in [9.17, 15) is 13.2 Å². The van der Waals surface area contributed by atoms with Gasteiger partial charge in [-0.2, -0.15) is 0 Å². The van der Waals surface area contributed by atoms with Crippen LogP contribution in [0.1, 0.15) is 11.1 Å². The van der Waals surface area contributed by atoms with Gasteiger partial charge in [0.25, 0.3) is 10.0 Å². The molecule has 0 aromatic heterocycles. The normalized spacial score (nSPS) is 13.0. The summed E-state index contributed by atoms with van der Waals surface area (Å²) in [7, 11) is -3.74. The monoisotopic (exact) mass is 393 g/mol. The molecule has 0 atom stereocenters. The summed E-state index contributed by atoms with van der Waals surface area (Å²) < 4.78 is 27.9. The molecule has 3 N–H and O–H groups in total. The van der Waals surface area contributed by atoms with Gasteiger partial charge in [-0.05, 0) is 72.6 Å². The number of anilines is 4. The molecule has 7 heteroatoms. The third-order valence-corrected chi connectivity index (χ3v) is 5.83. The molecule has 0 aliphatic carbocycles. The van der Waals surface area contributed by atoms with Crippen molar-refractivity contribution in [1.82, 2.24) is 0 Å². The van der Waals surface area contributed by atoms with Crippen molar-refractivity contribution >= 4 is 38.7 Å². The van der Waals surface area contributed by atoms with Crippen LogP contribution in [-0.2, 0) is 21.2 Å². The van der Waals surface area contributed by atoms with Crippen LogP contribution in [0, 0.1) is 6.92 Å². The average molecular weight is 393 g/mol. The van der Waals surface area contributed by atoms with Gasteiger partial charge in [0.2, 0.25) is 5.91 Å². The van der Waals surface area contributed by atoms with Crippen LogP contribution < -0.4 is 15.4 Å². The lowest BCUT2D eigenvalue weighted by Crippen LogP contribution is -2.13. The summed E-state index contributed by atoms with van der Waals surface area (Å²) in [6.07, 6.45) is 0.192. The Morgan fingerprint density at radius 1 is 0.893 bits per heavy atom. The molecule has 3 aromatic carbocycles. The molecule has 0 spiro atoms. The summed E-state index contributed by atoms with van der Waals surface area (Å²) in [5.41, 5.74) is 4.79. The van der Waals surface area contributed by atoms with E-state index in [1.165, 1.54) is 12.1 Å². The van der Waals surface area contributed by atoms with Crippen LogP contribution in [0.4, 0.5) is 22.7 Å². The largest absolute Gasteiger partial charge is 0.356 e. The van der Waals surface area contributed by atoms with E-state index >= 15 is 0 Å². The van der Waals surface area contributed by atoms with Gasteiger partial charge in [0.15, 0.2) is 0 Å². The highest BCUT2D eigenvalue weighted by atomic mass is 32.2. The van der Waals surface area contributed by atoms with E-state index in [4.69, 9.17) is 0 Å². The fourth-order valence-corrected chi connectivity index (χ4v) is 4.21. The molecule has 6 nitrogen and oxygen atoms in total. The summed E-state index contributed by atoms with van der Waals surface area (Å²) in [6, 6.07) is 19.7. The number of amides is 1. The van der Waals surface area contributed by atoms with Crippen molar-refractivity contribution in [3.63, 3.8) is 0 Å². The first-order valence-corrected chi connectivity index (χ1v) is 10.3. The maximum atomic E-state index is 12.7. The Labute approximate surface area is 163 Å². The Morgan fingerprint density at radius 2 is 1.64 bits per heavy atom. The zero-order valence-electron chi connectivity index (χ0n) is 15.2. The molecular weight excluding hydrogens is 374 g/mol. The van der Waals surface area contributed by atoms with Crippen LogP contribution >= 0.6 is 0 Å². The molecule has 0 unspecified atom stereocenters. The van der Waals surface area contributed by atoms with E-state index in [0.717, 1.165) is 16.9 Å². The van der Waals surface area contributed by atoms with Gasteiger partial charge in [0.1, 0.15) is 0 Å². The Hall–Kier alpha value is -3.32. The van der Waals surface area contributed by atoms with E-state index in [2.05, 4.69) is 15.4 Å². The van der Waals surface area contributed by atoms with Gasteiger partial charge in [0.05, 0.1) is 11.3 Å². The molecule has 0 radical (unpaired) electrons. The van der Waals surface area contributed by atoms with Crippen LogP contribution in [0.2, 0.25) is 0 Å². The number of hydrogen-bond donors (Lipinski definition) is 3. The van der Waals surface area contributed by atoms with Crippen LogP contribution in [0.5, 0.6) is 0 Å². The SMILES string of the molecule is Cc1cccc(Nc2ccc(NS(=O)(=O)c3ccc4c(c3)CC(=O)N4)cc2)c1. The van der Waals surface area contributed by atoms with Gasteiger partial charge in [-0.1, -0.05) is 12.1 Å². The number of benzene rings is 3. The summed E-state index contributed by atoms with van der Waals surface area (Å²) >= 11 is 0. The second-order valence-electron chi connectivity index (χ2n) is 6.72. The van der Waals surface area contributed by atoms with Crippen molar-refractivity contribution in [2.45, 2.75) is 18.2 Å². The lowest BCUT2D eigenvalue weighted by Gasteiger charge is -2.11. The van der Waals surface area contributed by atoms with Crippen molar-refractivity contribution in [1.29, 1.82) is 0 Å². The van der Waals surface area contributed by atoms with Gasteiger partial charge >= 0.3 is 0 Å². The second-order valence-corrected chi connectivity index (χ2v) is 8.40. The minimum atomic E-state index is -3.74. The van der Waals surface area contributed by atoms with E-state index in [1.807, 2.05) is 43.3 Å². The third-order valence-electron chi connectivity index (χ3n) is 4.46. The smallest absolute Gasteiger partial charge is 0.261 e. The molecule has 1 aliphatic heterocycles. The van der Waals surface area contributed by atoms with E-state index < -0.39 is 10.0 Å². The number of sulfonamides is 1. The van der Waals surface area contributed by atoms with E-state index in [-0.39, 0.29) is 17.2 Å². The first-order valence-electron chi connectivity index (χ1n) is 8.78. The molecule has 142 valence electrons. The topological polar surface area (TPSA) is 87.3 Å². The summed E-state index contributed by atoms with van der Waals surface area (Å²) in [5.74, 6) is -0.130. The lowest BCUT2D eigenvalue weighted by molar-refractivity contribution is -0.115. The maximum absolute atomic E-state index is 12.7. The van der Waals surface area contributed by atoms with E-state index in [1.54, 1.807) is 18.2 Å².